The third-order valence-corrected chi connectivity index (χ3v) is 5.34. The lowest BCUT2D eigenvalue weighted by atomic mass is 10.2. The zero-order valence-corrected chi connectivity index (χ0v) is 17.3. The van der Waals surface area contributed by atoms with E-state index in [9.17, 15) is 4.21 Å². The summed E-state index contributed by atoms with van der Waals surface area (Å²) in [5.41, 5.74) is 2.58. The lowest BCUT2D eigenvalue weighted by molar-refractivity contribution is 0.299. The van der Waals surface area contributed by atoms with Crippen LogP contribution in [0.25, 0.3) is 11.5 Å². The average molecular weight is 397 g/mol. The van der Waals surface area contributed by atoms with Crippen LogP contribution in [-0.4, -0.2) is 20.2 Å². The van der Waals surface area contributed by atoms with Crippen molar-refractivity contribution in [1.29, 1.82) is 0 Å². The Balaban J connectivity index is 1.62. The molecule has 0 aliphatic heterocycles. The lowest BCUT2D eigenvalue weighted by Crippen LogP contribution is -2.19. The van der Waals surface area contributed by atoms with E-state index in [-0.39, 0.29) is 4.75 Å². The first-order chi connectivity index (χ1) is 13.3. The maximum absolute atomic E-state index is 12.0. The predicted molar refractivity (Wildman–Crippen MR) is 113 cm³/mol. The number of hydrogen-bond acceptors (Lipinski definition) is 4. The Morgan fingerprint density at radius 3 is 2.43 bits per heavy atom. The van der Waals surface area contributed by atoms with E-state index in [0.29, 0.717) is 12.5 Å². The molecule has 0 unspecified atom stereocenters. The first-order valence-electron chi connectivity index (χ1n) is 9.03. The SMILES string of the molecule is Cc1oc(-c2ccccc2)nc1COc1ccc(/C=N/[S@](=O)C(C)(C)C)cc1. The van der Waals surface area contributed by atoms with Crippen LogP contribution in [0, 0.1) is 6.92 Å². The number of hydrogen-bond donors (Lipinski definition) is 0. The van der Waals surface area contributed by atoms with Gasteiger partial charge in [0.1, 0.15) is 34.8 Å². The summed E-state index contributed by atoms with van der Waals surface area (Å²) in [5.74, 6) is 2.06. The Bertz CT molecular complexity index is 971. The molecule has 0 aliphatic carbocycles. The highest BCUT2D eigenvalue weighted by Gasteiger charge is 2.18. The van der Waals surface area contributed by atoms with Crippen molar-refractivity contribution in [3.8, 4) is 17.2 Å². The van der Waals surface area contributed by atoms with Gasteiger partial charge in [-0.3, -0.25) is 0 Å². The van der Waals surface area contributed by atoms with Gasteiger partial charge in [-0.15, -0.1) is 0 Å². The maximum atomic E-state index is 12.0. The summed E-state index contributed by atoms with van der Waals surface area (Å²) in [5, 5.41) is 0. The summed E-state index contributed by atoms with van der Waals surface area (Å²) in [6.07, 6.45) is 1.62. The Morgan fingerprint density at radius 2 is 1.79 bits per heavy atom. The van der Waals surface area contributed by atoms with E-state index in [1.165, 1.54) is 0 Å². The Labute approximate surface area is 168 Å². The van der Waals surface area contributed by atoms with Gasteiger partial charge in [0, 0.05) is 11.8 Å². The zero-order chi connectivity index (χ0) is 20.1. The predicted octanol–water partition coefficient (Wildman–Crippen LogP) is 5.11. The van der Waals surface area contributed by atoms with E-state index >= 15 is 0 Å². The van der Waals surface area contributed by atoms with Crippen molar-refractivity contribution in [3.05, 3.63) is 71.6 Å². The third-order valence-electron chi connectivity index (χ3n) is 3.99. The minimum absolute atomic E-state index is 0.323. The minimum Gasteiger partial charge on any atom is -0.487 e. The molecule has 0 spiro atoms. The Kier molecular flexibility index (Phi) is 6.09. The van der Waals surface area contributed by atoms with Crippen LogP contribution in [0.5, 0.6) is 5.75 Å². The van der Waals surface area contributed by atoms with Gasteiger partial charge in [-0.1, -0.05) is 18.2 Å². The molecule has 0 fully saturated rings. The molecule has 28 heavy (non-hydrogen) atoms. The Hall–Kier alpha value is -2.73. The highest BCUT2D eigenvalue weighted by molar-refractivity contribution is 7.85. The molecule has 0 aliphatic rings. The van der Waals surface area contributed by atoms with Gasteiger partial charge in [0.05, 0.1) is 4.75 Å². The summed E-state index contributed by atoms with van der Waals surface area (Å²) >= 11 is 0. The first-order valence-corrected chi connectivity index (χ1v) is 10.1. The van der Waals surface area contributed by atoms with Crippen LogP contribution in [0.1, 0.15) is 37.8 Å². The number of aryl methyl sites for hydroxylation is 1. The summed E-state index contributed by atoms with van der Waals surface area (Å²) in [4.78, 5) is 4.54. The minimum atomic E-state index is -1.27. The normalized spacial score (nSPS) is 13.0. The molecular formula is C22H24N2O3S. The average Bonchev–Trinajstić information content (AvgIpc) is 3.06. The summed E-state index contributed by atoms with van der Waals surface area (Å²) in [6.45, 7) is 7.89. The van der Waals surface area contributed by atoms with Crippen molar-refractivity contribution in [3.63, 3.8) is 0 Å². The molecule has 0 amide bonds. The smallest absolute Gasteiger partial charge is 0.226 e. The quantitative estimate of drug-likeness (QED) is 0.543. The molecule has 1 aromatic heterocycles. The number of ether oxygens (including phenoxy) is 1. The lowest BCUT2D eigenvalue weighted by Gasteiger charge is -2.12. The molecule has 2 aromatic carbocycles. The topological polar surface area (TPSA) is 64.7 Å². The number of rotatable bonds is 6. The summed E-state index contributed by atoms with van der Waals surface area (Å²) < 4.78 is 27.3. The maximum Gasteiger partial charge on any atom is 0.226 e. The molecule has 6 heteroatoms. The van der Waals surface area contributed by atoms with Gasteiger partial charge in [0.2, 0.25) is 5.89 Å². The molecule has 1 atom stereocenters. The highest BCUT2D eigenvalue weighted by Crippen LogP contribution is 2.22. The van der Waals surface area contributed by atoms with Crippen molar-refractivity contribution in [2.75, 3.05) is 0 Å². The van der Waals surface area contributed by atoms with Gasteiger partial charge >= 0.3 is 0 Å². The van der Waals surface area contributed by atoms with E-state index in [2.05, 4.69) is 9.38 Å². The van der Waals surface area contributed by atoms with Crippen molar-refractivity contribution >= 4 is 17.2 Å². The second-order valence-electron chi connectivity index (χ2n) is 7.34. The van der Waals surface area contributed by atoms with Crippen molar-refractivity contribution in [2.24, 2.45) is 4.40 Å². The molecule has 1 heterocycles. The van der Waals surface area contributed by atoms with Crippen LogP contribution < -0.4 is 4.74 Å². The fourth-order valence-electron chi connectivity index (χ4n) is 2.33. The number of oxazole rings is 1. The number of benzene rings is 2. The van der Waals surface area contributed by atoms with E-state index < -0.39 is 11.0 Å². The van der Waals surface area contributed by atoms with E-state index in [1.807, 2.05) is 82.3 Å². The van der Waals surface area contributed by atoms with Crippen LogP contribution in [0.3, 0.4) is 0 Å². The monoisotopic (exact) mass is 396 g/mol. The van der Waals surface area contributed by atoms with Crippen LogP contribution in [0.2, 0.25) is 0 Å². The number of nitrogens with zero attached hydrogens (tertiary/aromatic N) is 2. The van der Waals surface area contributed by atoms with Gasteiger partial charge in [-0.25, -0.2) is 9.19 Å². The molecular weight excluding hydrogens is 372 g/mol. The first kappa shape index (κ1) is 20.0. The Morgan fingerprint density at radius 1 is 1.11 bits per heavy atom. The second-order valence-corrected chi connectivity index (χ2v) is 9.28. The fourth-order valence-corrected chi connectivity index (χ4v) is 2.87. The highest BCUT2D eigenvalue weighted by atomic mass is 32.2. The van der Waals surface area contributed by atoms with Gasteiger partial charge in [0.15, 0.2) is 0 Å². The molecule has 146 valence electrons. The van der Waals surface area contributed by atoms with E-state index in [1.54, 1.807) is 6.21 Å². The van der Waals surface area contributed by atoms with Gasteiger partial charge in [-0.2, -0.15) is 4.40 Å². The third kappa shape index (κ3) is 5.16. The van der Waals surface area contributed by atoms with Crippen LogP contribution in [0.15, 0.2) is 63.4 Å². The molecule has 3 rings (SSSR count). The second kappa shape index (κ2) is 8.52. The fraction of sp³-hybridized carbons (Fsp3) is 0.273. The van der Waals surface area contributed by atoms with Gasteiger partial charge in [0.25, 0.3) is 0 Å². The molecule has 0 N–H and O–H groups in total. The summed E-state index contributed by atoms with van der Waals surface area (Å²) in [7, 11) is -1.27. The van der Waals surface area contributed by atoms with Crippen LogP contribution >= 0.6 is 0 Å². The molecule has 5 nitrogen and oxygen atoms in total. The molecule has 3 aromatic rings. The van der Waals surface area contributed by atoms with Crippen molar-refractivity contribution in [2.45, 2.75) is 39.0 Å². The standard InChI is InChI=1S/C22H24N2O3S/c1-16-20(24-21(27-16)18-8-6-5-7-9-18)15-26-19-12-10-17(11-13-19)14-23-28(25)22(2,3)4/h5-14H,15H2,1-4H3/b23-14+/t28-/m1/s1. The van der Waals surface area contributed by atoms with Crippen LogP contribution in [-0.2, 0) is 17.6 Å². The molecule has 0 saturated carbocycles. The van der Waals surface area contributed by atoms with E-state index in [4.69, 9.17) is 9.15 Å². The van der Waals surface area contributed by atoms with Crippen molar-refractivity contribution in [1.82, 2.24) is 4.98 Å². The van der Waals surface area contributed by atoms with Crippen molar-refractivity contribution < 1.29 is 13.4 Å². The zero-order valence-electron chi connectivity index (χ0n) is 16.5. The van der Waals surface area contributed by atoms with E-state index in [0.717, 1.165) is 28.3 Å². The van der Waals surface area contributed by atoms with Gasteiger partial charge < -0.3 is 9.15 Å². The largest absolute Gasteiger partial charge is 0.487 e. The molecule has 0 radical (unpaired) electrons. The van der Waals surface area contributed by atoms with Crippen LogP contribution in [0.4, 0.5) is 0 Å². The molecule has 0 saturated heterocycles. The summed E-state index contributed by atoms with van der Waals surface area (Å²) in [6, 6.07) is 17.3. The number of aromatic nitrogens is 1. The molecule has 0 bridgehead atoms. The van der Waals surface area contributed by atoms with Gasteiger partial charge in [-0.05, 0) is 69.7 Å².